The van der Waals surface area contributed by atoms with E-state index in [0.29, 0.717) is 25.2 Å². The second-order valence-electron chi connectivity index (χ2n) is 6.89. The molecule has 0 aliphatic carbocycles. The van der Waals surface area contributed by atoms with E-state index in [1.807, 2.05) is 36.4 Å². The van der Waals surface area contributed by atoms with Crippen LogP contribution in [-0.4, -0.2) is 37.9 Å². The van der Waals surface area contributed by atoms with E-state index in [-0.39, 0.29) is 5.91 Å². The van der Waals surface area contributed by atoms with Crippen LogP contribution < -0.4 is 20.3 Å². The first kappa shape index (κ1) is 20.4. The molecule has 3 amide bonds. The van der Waals surface area contributed by atoms with Crippen molar-refractivity contribution >= 4 is 29.1 Å². The SMILES string of the molecule is COc1ccccc1CCNC(=O)C(=O)Nc1ccc2c(c1)CCCN2C(C)=O. The Bertz CT molecular complexity index is 926. The van der Waals surface area contributed by atoms with Gasteiger partial charge in [-0.15, -0.1) is 0 Å². The summed E-state index contributed by atoms with van der Waals surface area (Å²) in [7, 11) is 1.60. The molecule has 0 spiro atoms. The molecule has 0 atom stereocenters. The zero-order valence-corrected chi connectivity index (χ0v) is 16.7. The highest BCUT2D eigenvalue weighted by atomic mass is 16.5. The van der Waals surface area contributed by atoms with Crippen LogP contribution in [0.25, 0.3) is 0 Å². The van der Waals surface area contributed by atoms with Crippen LogP contribution in [0.2, 0.25) is 0 Å². The van der Waals surface area contributed by atoms with E-state index >= 15 is 0 Å². The Labute approximate surface area is 170 Å². The fourth-order valence-electron chi connectivity index (χ4n) is 3.49. The number of nitrogens with one attached hydrogen (secondary N) is 2. The topological polar surface area (TPSA) is 87.7 Å². The van der Waals surface area contributed by atoms with Crippen LogP contribution >= 0.6 is 0 Å². The molecule has 1 aliphatic heterocycles. The Kier molecular flexibility index (Phi) is 6.49. The first-order valence-corrected chi connectivity index (χ1v) is 9.61. The molecule has 0 fully saturated rings. The lowest BCUT2D eigenvalue weighted by atomic mass is 10.0. The van der Waals surface area contributed by atoms with Crippen LogP contribution in [-0.2, 0) is 27.2 Å². The van der Waals surface area contributed by atoms with E-state index in [9.17, 15) is 14.4 Å². The minimum absolute atomic E-state index is 0.00263. The molecule has 0 saturated heterocycles. The molecule has 2 N–H and O–H groups in total. The molecule has 2 aromatic rings. The summed E-state index contributed by atoms with van der Waals surface area (Å²) in [5, 5.41) is 5.26. The summed E-state index contributed by atoms with van der Waals surface area (Å²) < 4.78 is 5.28. The number of carbonyl (C=O) groups is 3. The molecule has 1 heterocycles. The van der Waals surface area contributed by atoms with Gasteiger partial charge < -0.3 is 20.3 Å². The third-order valence-corrected chi connectivity index (χ3v) is 4.91. The predicted octanol–water partition coefficient (Wildman–Crippen LogP) is 2.29. The number of carbonyl (C=O) groups excluding carboxylic acids is 3. The number of rotatable bonds is 5. The Hall–Kier alpha value is -3.35. The summed E-state index contributed by atoms with van der Waals surface area (Å²) >= 11 is 0. The van der Waals surface area contributed by atoms with Crippen molar-refractivity contribution < 1.29 is 19.1 Å². The monoisotopic (exact) mass is 395 g/mol. The molecule has 0 aromatic heterocycles. The van der Waals surface area contributed by atoms with E-state index in [1.165, 1.54) is 0 Å². The van der Waals surface area contributed by atoms with Crippen LogP contribution in [0.5, 0.6) is 5.75 Å². The van der Waals surface area contributed by atoms with Gasteiger partial charge in [0.2, 0.25) is 5.91 Å². The Morgan fingerprint density at radius 1 is 1.10 bits per heavy atom. The Morgan fingerprint density at radius 2 is 1.90 bits per heavy atom. The van der Waals surface area contributed by atoms with Gasteiger partial charge in [-0.2, -0.15) is 0 Å². The van der Waals surface area contributed by atoms with E-state index in [0.717, 1.165) is 35.4 Å². The molecule has 0 radical (unpaired) electrons. The third-order valence-electron chi connectivity index (χ3n) is 4.91. The van der Waals surface area contributed by atoms with Gasteiger partial charge in [-0.1, -0.05) is 18.2 Å². The van der Waals surface area contributed by atoms with Crippen LogP contribution in [0.1, 0.15) is 24.5 Å². The maximum atomic E-state index is 12.2. The number of hydrogen-bond donors (Lipinski definition) is 2. The van der Waals surface area contributed by atoms with Crippen LogP contribution in [0, 0.1) is 0 Å². The largest absolute Gasteiger partial charge is 0.496 e. The summed E-state index contributed by atoms with van der Waals surface area (Å²) in [6, 6.07) is 12.9. The molecule has 7 nitrogen and oxygen atoms in total. The number of para-hydroxylation sites is 1. The molecule has 0 saturated carbocycles. The zero-order valence-electron chi connectivity index (χ0n) is 16.7. The summed E-state index contributed by atoms with van der Waals surface area (Å²) in [5.41, 5.74) is 3.35. The lowest BCUT2D eigenvalue weighted by Crippen LogP contribution is -2.36. The van der Waals surface area contributed by atoms with Gasteiger partial charge in [0.1, 0.15) is 5.75 Å². The van der Waals surface area contributed by atoms with E-state index in [4.69, 9.17) is 4.74 Å². The smallest absolute Gasteiger partial charge is 0.313 e. The number of amides is 3. The quantitative estimate of drug-likeness (QED) is 0.761. The van der Waals surface area contributed by atoms with Crippen LogP contribution in [0.3, 0.4) is 0 Å². The first-order chi connectivity index (χ1) is 14.0. The number of aryl methyl sites for hydroxylation is 1. The van der Waals surface area contributed by atoms with E-state index in [1.54, 1.807) is 25.0 Å². The number of methoxy groups -OCH3 is 1. The standard InChI is InChI=1S/C22H25N3O4/c1-15(26)25-13-5-7-17-14-18(9-10-19(17)25)24-22(28)21(27)23-12-11-16-6-3-4-8-20(16)29-2/h3-4,6,8-10,14H,5,7,11-13H2,1-2H3,(H,23,27)(H,24,28). The predicted molar refractivity (Wildman–Crippen MR) is 111 cm³/mol. The average molecular weight is 395 g/mol. The molecule has 3 rings (SSSR count). The maximum absolute atomic E-state index is 12.2. The fourth-order valence-corrected chi connectivity index (χ4v) is 3.49. The minimum Gasteiger partial charge on any atom is -0.496 e. The van der Waals surface area contributed by atoms with Crippen molar-refractivity contribution in [2.45, 2.75) is 26.2 Å². The minimum atomic E-state index is -0.718. The van der Waals surface area contributed by atoms with Crippen molar-refractivity contribution in [3.8, 4) is 5.75 Å². The van der Waals surface area contributed by atoms with Gasteiger partial charge in [-0.05, 0) is 54.7 Å². The second kappa shape index (κ2) is 9.23. The van der Waals surface area contributed by atoms with Crippen LogP contribution in [0.4, 0.5) is 11.4 Å². The number of hydrogen-bond acceptors (Lipinski definition) is 4. The highest BCUT2D eigenvalue weighted by Gasteiger charge is 2.21. The van der Waals surface area contributed by atoms with Crippen molar-refractivity contribution in [1.82, 2.24) is 5.32 Å². The van der Waals surface area contributed by atoms with Crippen molar-refractivity contribution in [1.29, 1.82) is 0 Å². The number of ether oxygens (including phenoxy) is 1. The number of anilines is 2. The van der Waals surface area contributed by atoms with Crippen molar-refractivity contribution in [3.05, 3.63) is 53.6 Å². The lowest BCUT2D eigenvalue weighted by molar-refractivity contribution is -0.136. The molecule has 7 heteroatoms. The van der Waals surface area contributed by atoms with Crippen LogP contribution in [0.15, 0.2) is 42.5 Å². The highest BCUT2D eigenvalue weighted by molar-refractivity contribution is 6.39. The van der Waals surface area contributed by atoms with Gasteiger partial charge in [0.15, 0.2) is 0 Å². The molecule has 29 heavy (non-hydrogen) atoms. The maximum Gasteiger partial charge on any atom is 0.313 e. The third kappa shape index (κ3) is 4.93. The van der Waals surface area contributed by atoms with Gasteiger partial charge in [0.25, 0.3) is 0 Å². The second-order valence-corrected chi connectivity index (χ2v) is 6.89. The summed E-state index contributed by atoms with van der Waals surface area (Å²) in [6.07, 6.45) is 2.25. The van der Waals surface area contributed by atoms with Gasteiger partial charge in [-0.25, -0.2) is 0 Å². The average Bonchev–Trinajstić information content (AvgIpc) is 2.73. The Balaban J connectivity index is 1.56. The normalized spacial score (nSPS) is 12.7. The number of fused-ring (bicyclic) bond motifs is 1. The van der Waals surface area contributed by atoms with E-state index < -0.39 is 11.8 Å². The number of nitrogens with zero attached hydrogens (tertiary/aromatic N) is 1. The molecule has 0 bridgehead atoms. The summed E-state index contributed by atoms with van der Waals surface area (Å²) in [5.74, 6) is -0.663. The van der Waals surface area contributed by atoms with Crippen molar-refractivity contribution in [3.63, 3.8) is 0 Å². The van der Waals surface area contributed by atoms with Crippen molar-refractivity contribution in [2.24, 2.45) is 0 Å². The summed E-state index contributed by atoms with van der Waals surface area (Å²) in [4.78, 5) is 37.8. The van der Waals surface area contributed by atoms with E-state index in [2.05, 4.69) is 10.6 Å². The molecule has 2 aromatic carbocycles. The fraction of sp³-hybridized carbons (Fsp3) is 0.318. The molecule has 1 aliphatic rings. The zero-order chi connectivity index (χ0) is 20.8. The Morgan fingerprint density at radius 3 is 2.66 bits per heavy atom. The first-order valence-electron chi connectivity index (χ1n) is 9.61. The van der Waals surface area contributed by atoms with Gasteiger partial charge in [0, 0.05) is 31.4 Å². The highest BCUT2D eigenvalue weighted by Crippen LogP contribution is 2.29. The van der Waals surface area contributed by atoms with Crippen molar-refractivity contribution in [2.75, 3.05) is 30.4 Å². The summed E-state index contributed by atoms with van der Waals surface area (Å²) in [6.45, 7) is 2.56. The molecular weight excluding hydrogens is 370 g/mol. The molecular formula is C22H25N3O4. The molecule has 152 valence electrons. The lowest BCUT2D eigenvalue weighted by Gasteiger charge is -2.28. The molecule has 0 unspecified atom stereocenters. The van der Waals surface area contributed by atoms with Gasteiger partial charge in [0.05, 0.1) is 7.11 Å². The van der Waals surface area contributed by atoms with Gasteiger partial charge >= 0.3 is 11.8 Å². The van der Waals surface area contributed by atoms with Gasteiger partial charge in [-0.3, -0.25) is 14.4 Å². The number of benzene rings is 2.